The van der Waals surface area contributed by atoms with Crippen molar-refractivity contribution in [3.63, 3.8) is 0 Å². The molecule has 0 spiro atoms. The Morgan fingerprint density at radius 2 is 1.47 bits per heavy atom. The molecule has 4 unspecified atom stereocenters. The summed E-state index contributed by atoms with van der Waals surface area (Å²) >= 11 is 0. The summed E-state index contributed by atoms with van der Waals surface area (Å²) < 4.78 is 12.9. The van der Waals surface area contributed by atoms with Crippen LogP contribution in [-0.4, -0.2) is 25.8 Å². The van der Waals surface area contributed by atoms with Crippen LogP contribution in [0.3, 0.4) is 0 Å². The van der Waals surface area contributed by atoms with Crippen molar-refractivity contribution in [3.05, 3.63) is 29.8 Å². The maximum Gasteiger partial charge on any atom is 0.217 e. The van der Waals surface area contributed by atoms with E-state index in [1.807, 2.05) is 43.3 Å². The minimum Gasteiger partial charge on any atom is -0.447 e. The van der Waals surface area contributed by atoms with Crippen molar-refractivity contribution < 1.29 is 9.47 Å². The van der Waals surface area contributed by atoms with Gasteiger partial charge in [0.25, 0.3) is 0 Å². The molecule has 2 saturated heterocycles. The summed E-state index contributed by atoms with van der Waals surface area (Å²) in [5.74, 6) is -1.99. The molecule has 4 atom stereocenters. The molecule has 3 aliphatic rings. The van der Waals surface area contributed by atoms with Crippen LogP contribution in [0.5, 0.6) is 0 Å². The molecule has 7 nitrogen and oxygen atoms in total. The third-order valence-electron chi connectivity index (χ3n) is 8.03. The minimum absolute atomic E-state index is 0.287. The first kappa shape index (κ1) is 24.1. The topological polar surface area (TPSA) is 117 Å². The Labute approximate surface area is 202 Å². The highest BCUT2D eigenvalue weighted by Crippen LogP contribution is 2.68. The van der Waals surface area contributed by atoms with E-state index in [1.54, 1.807) is 0 Å². The Hall–Kier alpha value is -3.08. The van der Waals surface area contributed by atoms with E-state index < -0.39 is 28.6 Å². The summed E-state index contributed by atoms with van der Waals surface area (Å²) in [4.78, 5) is 1.97. The zero-order valence-corrected chi connectivity index (χ0v) is 20.1. The number of nitrogens with zero attached hydrogens (tertiary/aromatic N) is 4. The normalized spacial score (nSPS) is 33.0. The molecule has 0 amide bonds. The Morgan fingerprint density at radius 3 is 2.03 bits per heavy atom. The van der Waals surface area contributed by atoms with Gasteiger partial charge in [0.05, 0.1) is 24.1 Å². The van der Waals surface area contributed by atoms with Gasteiger partial charge < -0.3 is 14.4 Å². The van der Waals surface area contributed by atoms with E-state index in [9.17, 15) is 15.8 Å². The molecule has 1 aliphatic carbocycles. The van der Waals surface area contributed by atoms with Gasteiger partial charge in [0, 0.05) is 26.2 Å². The standard InChI is InChI=1S/C27H33N5O2/c1-32(2)21-14-12-20(13-15-21)23-25(17-28,18-29)26(19-30)22-11-9-7-5-3-4-6-8-10-16-27(22,33-23)34-24(26)31/h12-15,22-23,31H,3-11,16H2,1-2H3. The van der Waals surface area contributed by atoms with Gasteiger partial charge >= 0.3 is 0 Å². The average Bonchev–Trinajstić information content (AvgIpc) is 3.02. The van der Waals surface area contributed by atoms with Crippen LogP contribution in [0.1, 0.15) is 75.9 Å². The summed E-state index contributed by atoms with van der Waals surface area (Å²) in [5.41, 5.74) is -1.94. The maximum atomic E-state index is 10.6. The van der Waals surface area contributed by atoms with E-state index >= 15 is 0 Å². The van der Waals surface area contributed by atoms with Crippen molar-refractivity contribution in [1.29, 1.82) is 21.2 Å². The molecule has 2 bridgehead atoms. The Balaban J connectivity index is 1.86. The zero-order valence-electron chi connectivity index (χ0n) is 20.1. The van der Waals surface area contributed by atoms with Gasteiger partial charge in [-0.05, 0) is 30.5 Å². The largest absolute Gasteiger partial charge is 0.447 e. The van der Waals surface area contributed by atoms with Gasteiger partial charge in [0.15, 0.2) is 5.41 Å². The zero-order chi connectivity index (χ0) is 24.4. The fourth-order valence-corrected chi connectivity index (χ4v) is 6.17. The van der Waals surface area contributed by atoms with E-state index in [4.69, 9.17) is 14.9 Å². The number of benzene rings is 1. The predicted octanol–water partition coefficient (Wildman–Crippen LogP) is 5.60. The van der Waals surface area contributed by atoms with Gasteiger partial charge in [-0.2, -0.15) is 15.8 Å². The van der Waals surface area contributed by atoms with Gasteiger partial charge in [0.1, 0.15) is 6.10 Å². The molecule has 178 valence electrons. The fourth-order valence-electron chi connectivity index (χ4n) is 6.17. The second-order valence-corrected chi connectivity index (χ2v) is 10.1. The van der Waals surface area contributed by atoms with E-state index in [0.29, 0.717) is 18.4 Å². The second-order valence-electron chi connectivity index (χ2n) is 10.1. The molecule has 3 fully saturated rings. The highest BCUT2D eigenvalue weighted by molar-refractivity contribution is 5.89. The minimum atomic E-state index is -1.89. The van der Waals surface area contributed by atoms with Crippen molar-refractivity contribution in [3.8, 4) is 18.2 Å². The van der Waals surface area contributed by atoms with Crippen LogP contribution in [0.4, 0.5) is 5.69 Å². The molecule has 34 heavy (non-hydrogen) atoms. The maximum absolute atomic E-state index is 10.6. The lowest BCUT2D eigenvalue weighted by molar-refractivity contribution is -0.287. The molecule has 1 N–H and O–H groups in total. The number of nitrogens with one attached hydrogen (secondary N) is 1. The van der Waals surface area contributed by atoms with Crippen LogP contribution < -0.4 is 4.90 Å². The molecule has 1 aromatic rings. The number of hydrogen-bond donors (Lipinski definition) is 1. The molecule has 1 saturated carbocycles. The van der Waals surface area contributed by atoms with Crippen molar-refractivity contribution in [2.24, 2.45) is 16.7 Å². The molecular weight excluding hydrogens is 426 g/mol. The van der Waals surface area contributed by atoms with Gasteiger partial charge in [-0.3, -0.25) is 5.41 Å². The highest BCUT2D eigenvalue weighted by Gasteiger charge is 2.79. The SMILES string of the molecule is CN(C)c1ccc(C2OC34CCCCCCCCCCC3C(C#N)(C(=N)O4)C2(C#N)C#N)cc1. The van der Waals surface area contributed by atoms with Crippen LogP contribution in [-0.2, 0) is 9.47 Å². The van der Waals surface area contributed by atoms with Crippen molar-refractivity contribution in [2.45, 2.75) is 76.1 Å². The molecule has 0 radical (unpaired) electrons. The van der Waals surface area contributed by atoms with E-state index in [2.05, 4.69) is 18.2 Å². The van der Waals surface area contributed by atoms with Crippen molar-refractivity contribution in [1.82, 2.24) is 0 Å². The number of rotatable bonds is 2. The van der Waals surface area contributed by atoms with Gasteiger partial charge in [-0.1, -0.05) is 57.1 Å². The first-order valence-electron chi connectivity index (χ1n) is 12.4. The number of hydrogen-bond acceptors (Lipinski definition) is 7. The Morgan fingerprint density at radius 1 is 0.882 bits per heavy atom. The van der Waals surface area contributed by atoms with E-state index in [0.717, 1.165) is 44.2 Å². The molecule has 4 rings (SSSR count). The van der Waals surface area contributed by atoms with E-state index in [-0.39, 0.29) is 5.90 Å². The molecule has 7 heteroatoms. The quantitative estimate of drug-likeness (QED) is 0.615. The third-order valence-corrected chi connectivity index (χ3v) is 8.03. The number of anilines is 1. The molecule has 2 heterocycles. The van der Waals surface area contributed by atoms with Crippen molar-refractivity contribution in [2.75, 3.05) is 19.0 Å². The molecule has 0 aromatic heterocycles. The summed E-state index contributed by atoms with van der Waals surface area (Å²) in [7, 11) is 3.88. The van der Waals surface area contributed by atoms with Gasteiger partial charge in [0.2, 0.25) is 17.1 Å². The van der Waals surface area contributed by atoms with Crippen LogP contribution in [0, 0.1) is 56.2 Å². The highest BCUT2D eigenvalue weighted by atomic mass is 16.7. The lowest BCUT2D eigenvalue weighted by Crippen LogP contribution is -2.59. The lowest BCUT2D eigenvalue weighted by atomic mass is 9.52. The average molecular weight is 460 g/mol. The summed E-state index contributed by atoms with van der Waals surface area (Å²) in [6, 6.07) is 14.2. The summed E-state index contributed by atoms with van der Waals surface area (Å²) in [6.45, 7) is 0. The summed E-state index contributed by atoms with van der Waals surface area (Å²) in [5, 5.41) is 40.4. The number of ether oxygens (including phenoxy) is 2. The van der Waals surface area contributed by atoms with Crippen LogP contribution >= 0.6 is 0 Å². The third kappa shape index (κ3) is 3.44. The lowest BCUT2D eigenvalue weighted by Gasteiger charge is -2.50. The fraction of sp³-hybridized carbons (Fsp3) is 0.630. The second kappa shape index (κ2) is 9.28. The van der Waals surface area contributed by atoms with Crippen LogP contribution in [0.2, 0.25) is 0 Å². The number of nitriles is 3. The smallest absolute Gasteiger partial charge is 0.217 e. The molecule has 2 aliphatic heterocycles. The Bertz CT molecular complexity index is 1030. The first-order chi connectivity index (χ1) is 16.4. The Kier molecular flexibility index (Phi) is 6.57. The van der Waals surface area contributed by atoms with Gasteiger partial charge in [-0.25, -0.2) is 0 Å². The van der Waals surface area contributed by atoms with Crippen molar-refractivity contribution >= 4 is 11.6 Å². The first-order valence-corrected chi connectivity index (χ1v) is 12.4. The van der Waals surface area contributed by atoms with Gasteiger partial charge in [-0.15, -0.1) is 0 Å². The van der Waals surface area contributed by atoms with Crippen LogP contribution in [0.25, 0.3) is 0 Å². The summed E-state index contributed by atoms with van der Waals surface area (Å²) in [6.07, 6.45) is 8.56. The molecule has 1 aromatic carbocycles. The van der Waals surface area contributed by atoms with E-state index in [1.165, 1.54) is 12.8 Å². The molecular formula is C27H33N5O2. The monoisotopic (exact) mass is 459 g/mol. The predicted molar refractivity (Wildman–Crippen MR) is 128 cm³/mol. The van der Waals surface area contributed by atoms with Crippen LogP contribution in [0.15, 0.2) is 24.3 Å².